The standard InChI is InChI=1S/C12H6Se3/c1-7-8(2-13-1)10-4-15-6-12(10)11-5-14-3-9(7)11/h1-6H. The van der Waals surface area contributed by atoms with Crippen LogP contribution in [0.3, 0.4) is 0 Å². The molecule has 4 aromatic rings. The first kappa shape index (κ1) is 9.07. The van der Waals surface area contributed by atoms with E-state index >= 15 is 0 Å². The average Bonchev–Trinajstić information content (AvgIpc) is 2.97. The van der Waals surface area contributed by atoms with E-state index in [1.54, 1.807) is 32.3 Å². The van der Waals surface area contributed by atoms with Gasteiger partial charge in [-0.15, -0.1) is 0 Å². The quantitative estimate of drug-likeness (QED) is 0.407. The van der Waals surface area contributed by atoms with E-state index in [0.29, 0.717) is 43.5 Å². The van der Waals surface area contributed by atoms with Gasteiger partial charge in [-0.25, -0.2) is 0 Å². The van der Waals surface area contributed by atoms with E-state index in [-0.39, 0.29) is 0 Å². The van der Waals surface area contributed by atoms with Crippen molar-refractivity contribution in [2.45, 2.75) is 0 Å². The second kappa shape index (κ2) is 3.24. The third-order valence-corrected chi connectivity index (χ3v) is 7.54. The zero-order chi connectivity index (χ0) is 9.83. The van der Waals surface area contributed by atoms with Gasteiger partial charge in [0.25, 0.3) is 0 Å². The number of hydrogen-bond donors (Lipinski definition) is 0. The number of rotatable bonds is 0. The zero-order valence-corrected chi connectivity index (χ0v) is 12.8. The normalized spacial score (nSPS) is 12.0. The molecule has 0 aliphatic rings. The second-order valence-corrected chi connectivity index (χ2v) is 8.28. The molecule has 4 rings (SSSR count). The van der Waals surface area contributed by atoms with Gasteiger partial charge in [-0.1, -0.05) is 0 Å². The summed E-state index contributed by atoms with van der Waals surface area (Å²) in [6.45, 7) is 0. The van der Waals surface area contributed by atoms with Crippen molar-refractivity contribution >= 4 is 75.8 Å². The molecule has 0 aliphatic heterocycles. The summed E-state index contributed by atoms with van der Waals surface area (Å²) in [4.78, 5) is 14.7. The number of fused-ring (bicyclic) bond motifs is 6. The first-order chi connectivity index (χ1) is 7.45. The van der Waals surface area contributed by atoms with Crippen LogP contribution in [-0.2, 0) is 0 Å². The van der Waals surface area contributed by atoms with Gasteiger partial charge >= 0.3 is 105 Å². The molecule has 0 saturated carbocycles. The Balaban J connectivity index is 2.56. The van der Waals surface area contributed by atoms with Crippen LogP contribution >= 0.6 is 0 Å². The van der Waals surface area contributed by atoms with E-state index in [9.17, 15) is 0 Å². The fraction of sp³-hybridized carbons (Fsp3) is 0. The fourth-order valence-electron chi connectivity index (χ4n) is 2.14. The van der Waals surface area contributed by atoms with Crippen LogP contribution in [0.1, 0.15) is 0 Å². The zero-order valence-electron chi connectivity index (χ0n) is 7.69. The maximum atomic E-state index is 2.45. The second-order valence-electron chi connectivity index (χ2n) is 3.60. The molecule has 0 nitrogen and oxygen atoms in total. The van der Waals surface area contributed by atoms with Gasteiger partial charge in [0.15, 0.2) is 0 Å². The molecule has 0 radical (unpaired) electrons. The Bertz CT molecular complexity index is 575. The van der Waals surface area contributed by atoms with Gasteiger partial charge in [0.1, 0.15) is 0 Å². The van der Waals surface area contributed by atoms with Crippen molar-refractivity contribution < 1.29 is 0 Å². The molecule has 0 spiro atoms. The van der Waals surface area contributed by atoms with Gasteiger partial charge < -0.3 is 0 Å². The summed E-state index contributed by atoms with van der Waals surface area (Å²) in [6, 6.07) is 0. The fourth-order valence-corrected chi connectivity index (χ4v) is 7.48. The average molecular weight is 387 g/mol. The summed E-state index contributed by atoms with van der Waals surface area (Å²) in [5, 5.41) is 9.26. The van der Waals surface area contributed by atoms with E-state index in [2.05, 4.69) is 29.6 Å². The monoisotopic (exact) mass is 390 g/mol. The van der Waals surface area contributed by atoms with Gasteiger partial charge in [-0.3, -0.25) is 0 Å². The van der Waals surface area contributed by atoms with E-state index in [0.717, 1.165) is 0 Å². The predicted molar refractivity (Wildman–Crippen MR) is 69.8 cm³/mol. The SMILES string of the molecule is c1[se]cc2c1c1c[se]cc1c1c[se]cc21. The van der Waals surface area contributed by atoms with E-state index < -0.39 is 0 Å². The predicted octanol–water partition coefficient (Wildman–Crippen LogP) is 2.32. The Morgan fingerprint density at radius 3 is 0.800 bits per heavy atom. The van der Waals surface area contributed by atoms with Gasteiger partial charge in [0.05, 0.1) is 0 Å². The molecular weight excluding hydrogens is 381 g/mol. The summed E-state index contributed by atoms with van der Waals surface area (Å²) in [5.74, 6) is 0. The minimum absolute atomic E-state index is 0.595. The molecule has 0 aliphatic carbocycles. The van der Waals surface area contributed by atoms with Crippen LogP contribution in [0, 0.1) is 0 Å². The van der Waals surface area contributed by atoms with Crippen LogP contribution in [0.15, 0.2) is 29.6 Å². The van der Waals surface area contributed by atoms with Crippen LogP contribution in [-0.4, -0.2) is 43.5 Å². The molecule has 0 N–H and O–H groups in total. The minimum atomic E-state index is 0.595. The van der Waals surface area contributed by atoms with Crippen molar-refractivity contribution in [3.8, 4) is 0 Å². The molecule has 0 atom stereocenters. The van der Waals surface area contributed by atoms with E-state index in [1.807, 2.05) is 0 Å². The molecule has 3 aromatic heterocycles. The van der Waals surface area contributed by atoms with Crippen molar-refractivity contribution in [3.05, 3.63) is 29.6 Å². The number of benzene rings is 1. The third-order valence-electron chi connectivity index (χ3n) is 2.86. The summed E-state index contributed by atoms with van der Waals surface area (Å²) in [6.07, 6.45) is 0. The van der Waals surface area contributed by atoms with Crippen molar-refractivity contribution in [2.24, 2.45) is 0 Å². The molecular formula is C12H6Se3. The molecule has 0 unspecified atom stereocenters. The number of hydrogen-bond acceptors (Lipinski definition) is 0. The first-order valence-corrected chi connectivity index (χ1v) is 10.6. The molecule has 15 heavy (non-hydrogen) atoms. The molecule has 0 amide bonds. The molecule has 3 heterocycles. The molecule has 0 fully saturated rings. The van der Waals surface area contributed by atoms with Crippen LogP contribution in [0.2, 0.25) is 0 Å². The van der Waals surface area contributed by atoms with Crippen molar-refractivity contribution in [1.29, 1.82) is 0 Å². The summed E-state index contributed by atoms with van der Waals surface area (Å²) in [5.41, 5.74) is 0. The van der Waals surface area contributed by atoms with Crippen LogP contribution in [0.25, 0.3) is 32.3 Å². The van der Waals surface area contributed by atoms with Crippen molar-refractivity contribution in [1.82, 2.24) is 0 Å². The van der Waals surface area contributed by atoms with Gasteiger partial charge in [-0.2, -0.15) is 0 Å². The van der Waals surface area contributed by atoms with Crippen LogP contribution < -0.4 is 0 Å². The maximum absolute atomic E-state index is 2.45. The third kappa shape index (κ3) is 1.14. The van der Waals surface area contributed by atoms with Crippen LogP contribution in [0.4, 0.5) is 0 Å². The summed E-state index contributed by atoms with van der Waals surface area (Å²) in [7, 11) is 0. The summed E-state index contributed by atoms with van der Waals surface area (Å²) >= 11 is 1.79. The Kier molecular flexibility index (Phi) is 1.96. The van der Waals surface area contributed by atoms with Gasteiger partial charge in [-0.05, 0) is 0 Å². The Morgan fingerprint density at radius 1 is 0.400 bits per heavy atom. The van der Waals surface area contributed by atoms with E-state index in [1.165, 1.54) is 0 Å². The molecule has 0 saturated heterocycles. The van der Waals surface area contributed by atoms with Gasteiger partial charge in [0, 0.05) is 0 Å². The molecule has 3 heteroatoms. The molecule has 1 aromatic carbocycles. The molecule has 72 valence electrons. The van der Waals surface area contributed by atoms with Crippen molar-refractivity contribution in [2.75, 3.05) is 0 Å². The van der Waals surface area contributed by atoms with E-state index in [4.69, 9.17) is 0 Å². The van der Waals surface area contributed by atoms with Crippen molar-refractivity contribution in [3.63, 3.8) is 0 Å². The Labute approximate surface area is 105 Å². The topological polar surface area (TPSA) is 0 Å². The first-order valence-electron chi connectivity index (χ1n) is 4.65. The Morgan fingerprint density at radius 2 is 0.600 bits per heavy atom. The molecule has 0 bridgehead atoms. The summed E-state index contributed by atoms with van der Waals surface area (Å²) < 4.78 is 0. The Hall–Kier alpha value is -0.00156. The van der Waals surface area contributed by atoms with Gasteiger partial charge in [0.2, 0.25) is 0 Å². The van der Waals surface area contributed by atoms with Crippen LogP contribution in [0.5, 0.6) is 0 Å².